The monoisotopic (exact) mass is 450 g/mol. The number of hydrogen-bond donors (Lipinski definition) is 3. The van der Waals surface area contributed by atoms with Crippen molar-refractivity contribution in [3.05, 3.63) is 0 Å². The molecule has 0 aromatic rings. The van der Waals surface area contributed by atoms with Crippen LogP contribution < -0.4 is 10.6 Å². The highest BCUT2D eigenvalue weighted by atomic mass is 127. The summed E-state index contributed by atoms with van der Waals surface area (Å²) in [6.45, 7) is 6.47. The minimum atomic E-state index is -0.196. The van der Waals surface area contributed by atoms with E-state index in [1.807, 2.05) is 7.05 Å². The van der Waals surface area contributed by atoms with E-state index in [1.54, 1.807) is 0 Å². The number of nitrogens with zero attached hydrogens (tertiary/aromatic N) is 2. The molecule has 1 heterocycles. The third-order valence-corrected chi connectivity index (χ3v) is 6.14. The number of aliphatic imine (C=N–C) groups is 1. The van der Waals surface area contributed by atoms with Gasteiger partial charge in [0, 0.05) is 43.7 Å². The molecule has 0 bridgehead atoms. The maximum atomic E-state index is 10.3. The second-order valence-electron chi connectivity index (χ2n) is 8.20. The highest BCUT2D eigenvalue weighted by Gasteiger charge is 2.39. The van der Waals surface area contributed by atoms with Crippen LogP contribution in [0, 0.1) is 5.41 Å². The first-order chi connectivity index (χ1) is 11.0. The topological polar surface area (TPSA) is 59.9 Å². The van der Waals surface area contributed by atoms with Crippen molar-refractivity contribution in [2.75, 3.05) is 20.1 Å². The Morgan fingerprint density at radius 3 is 2.67 bits per heavy atom. The Kier molecular flexibility index (Phi) is 7.20. The van der Waals surface area contributed by atoms with Crippen molar-refractivity contribution < 1.29 is 5.11 Å². The van der Waals surface area contributed by atoms with Gasteiger partial charge in [-0.3, -0.25) is 9.89 Å². The third-order valence-electron chi connectivity index (χ3n) is 6.14. The second kappa shape index (κ2) is 8.54. The Balaban J connectivity index is 0.00000208. The number of aliphatic hydroxyl groups is 1. The van der Waals surface area contributed by atoms with E-state index in [0.717, 1.165) is 44.4 Å². The lowest BCUT2D eigenvalue weighted by Gasteiger charge is -2.39. The second-order valence-corrected chi connectivity index (χ2v) is 8.20. The fourth-order valence-corrected chi connectivity index (χ4v) is 4.34. The molecule has 2 aliphatic carbocycles. The van der Waals surface area contributed by atoms with Gasteiger partial charge in [0.25, 0.3) is 0 Å². The van der Waals surface area contributed by atoms with E-state index < -0.39 is 0 Å². The third kappa shape index (κ3) is 4.75. The molecule has 1 saturated heterocycles. The maximum absolute atomic E-state index is 10.3. The van der Waals surface area contributed by atoms with Gasteiger partial charge in [0.05, 0.1) is 6.10 Å². The van der Waals surface area contributed by atoms with Gasteiger partial charge < -0.3 is 15.7 Å². The quantitative estimate of drug-likeness (QED) is 0.350. The molecule has 140 valence electrons. The maximum Gasteiger partial charge on any atom is 0.191 e. The summed E-state index contributed by atoms with van der Waals surface area (Å²) < 4.78 is 0. The van der Waals surface area contributed by atoms with Crippen molar-refractivity contribution >= 4 is 29.9 Å². The lowest BCUT2D eigenvalue weighted by molar-refractivity contribution is 0.00395. The van der Waals surface area contributed by atoms with Crippen molar-refractivity contribution in [1.82, 2.24) is 15.5 Å². The fraction of sp³-hybridized carbons (Fsp3) is 0.944. The van der Waals surface area contributed by atoms with Gasteiger partial charge in [-0.05, 0) is 39.0 Å². The Morgan fingerprint density at radius 2 is 2.04 bits per heavy atom. The fourth-order valence-electron chi connectivity index (χ4n) is 4.34. The molecule has 4 atom stereocenters. The Labute approximate surface area is 164 Å². The molecule has 6 heteroatoms. The standard InChI is InChI=1S/C18H34N4O.HI/c1-13-10-14(11-22(13)15-7-8-15)21-17(19-3)20-12-18(2)9-5-4-6-16(18)23;/h13-16,23H,4-12H2,1-3H3,(H2,19,20,21);1H. The van der Waals surface area contributed by atoms with Gasteiger partial charge >= 0.3 is 0 Å². The summed E-state index contributed by atoms with van der Waals surface area (Å²) in [5.41, 5.74) is -0.0289. The van der Waals surface area contributed by atoms with Gasteiger partial charge in [-0.1, -0.05) is 19.8 Å². The summed E-state index contributed by atoms with van der Waals surface area (Å²) in [5, 5.41) is 17.4. The number of halogens is 1. The molecule has 0 aromatic carbocycles. The number of guanidine groups is 1. The summed E-state index contributed by atoms with van der Waals surface area (Å²) in [7, 11) is 1.84. The smallest absolute Gasteiger partial charge is 0.191 e. The SMILES string of the molecule is CN=C(NCC1(C)CCCCC1O)NC1CC(C)N(C2CC2)C1.I. The van der Waals surface area contributed by atoms with Gasteiger partial charge in [0.1, 0.15) is 0 Å². The predicted octanol–water partition coefficient (Wildman–Crippen LogP) is 2.34. The highest BCUT2D eigenvalue weighted by molar-refractivity contribution is 14.0. The molecule has 3 aliphatic rings. The highest BCUT2D eigenvalue weighted by Crippen LogP contribution is 2.35. The predicted molar refractivity (Wildman–Crippen MR) is 110 cm³/mol. The van der Waals surface area contributed by atoms with Crippen LogP contribution in [0.1, 0.15) is 58.8 Å². The Hall–Kier alpha value is -0.0800. The normalized spacial score (nSPS) is 37.8. The van der Waals surface area contributed by atoms with Crippen LogP contribution in [0.5, 0.6) is 0 Å². The summed E-state index contributed by atoms with van der Waals surface area (Å²) in [6, 6.07) is 2.00. The zero-order valence-electron chi connectivity index (χ0n) is 15.4. The molecule has 5 nitrogen and oxygen atoms in total. The molecule has 3 fully saturated rings. The summed E-state index contributed by atoms with van der Waals surface area (Å²) in [4.78, 5) is 7.05. The number of likely N-dealkylation sites (tertiary alicyclic amines) is 1. The van der Waals surface area contributed by atoms with E-state index in [2.05, 4.69) is 34.4 Å². The van der Waals surface area contributed by atoms with E-state index in [9.17, 15) is 5.11 Å². The van der Waals surface area contributed by atoms with Gasteiger partial charge in [-0.2, -0.15) is 0 Å². The molecule has 0 radical (unpaired) electrons. The number of hydrogen-bond acceptors (Lipinski definition) is 3. The van der Waals surface area contributed by atoms with Crippen LogP contribution in [0.15, 0.2) is 4.99 Å². The van der Waals surface area contributed by atoms with Crippen molar-refractivity contribution in [3.63, 3.8) is 0 Å². The van der Waals surface area contributed by atoms with Crippen LogP contribution in [0.3, 0.4) is 0 Å². The average molecular weight is 450 g/mol. The molecule has 24 heavy (non-hydrogen) atoms. The first-order valence-electron chi connectivity index (χ1n) is 9.43. The van der Waals surface area contributed by atoms with Gasteiger partial charge in [-0.25, -0.2) is 0 Å². The van der Waals surface area contributed by atoms with Gasteiger partial charge in [0.2, 0.25) is 0 Å². The van der Waals surface area contributed by atoms with Crippen molar-refractivity contribution in [2.45, 2.75) is 83.0 Å². The Bertz CT molecular complexity index is 443. The summed E-state index contributed by atoms with van der Waals surface area (Å²) in [5.74, 6) is 0.888. The van der Waals surface area contributed by atoms with Crippen LogP contribution >= 0.6 is 24.0 Å². The molecule has 2 saturated carbocycles. The van der Waals surface area contributed by atoms with Crippen molar-refractivity contribution in [1.29, 1.82) is 0 Å². The van der Waals surface area contributed by atoms with Crippen molar-refractivity contribution in [2.24, 2.45) is 10.4 Å². The molecular formula is C18H35IN4O. The molecular weight excluding hydrogens is 415 g/mol. The molecule has 4 unspecified atom stereocenters. The van der Waals surface area contributed by atoms with Crippen LogP contribution in [-0.2, 0) is 0 Å². The van der Waals surface area contributed by atoms with Crippen molar-refractivity contribution in [3.8, 4) is 0 Å². The largest absolute Gasteiger partial charge is 0.392 e. The number of aliphatic hydroxyl groups excluding tert-OH is 1. The van der Waals surface area contributed by atoms with Crippen LogP contribution in [-0.4, -0.2) is 60.3 Å². The van der Waals surface area contributed by atoms with E-state index >= 15 is 0 Å². The first kappa shape index (κ1) is 20.2. The van der Waals surface area contributed by atoms with E-state index in [4.69, 9.17) is 0 Å². The van der Waals surface area contributed by atoms with E-state index in [-0.39, 0.29) is 35.5 Å². The van der Waals surface area contributed by atoms with E-state index in [1.165, 1.54) is 25.7 Å². The number of rotatable bonds is 4. The molecule has 1 aliphatic heterocycles. The first-order valence-corrected chi connectivity index (χ1v) is 9.43. The summed E-state index contributed by atoms with van der Waals surface area (Å²) in [6.07, 6.45) is 8.14. The Morgan fingerprint density at radius 1 is 1.29 bits per heavy atom. The van der Waals surface area contributed by atoms with E-state index in [0.29, 0.717) is 12.1 Å². The molecule has 0 spiro atoms. The molecule has 3 N–H and O–H groups in total. The lowest BCUT2D eigenvalue weighted by Crippen LogP contribution is -2.50. The minimum Gasteiger partial charge on any atom is -0.392 e. The molecule has 3 rings (SSSR count). The van der Waals surface area contributed by atoms with Gasteiger partial charge in [-0.15, -0.1) is 24.0 Å². The lowest BCUT2D eigenvalue weighted by atomic mass is 9.73. The van der Waals surface area contributed by atoms with Crippen LogP contribution in [0.25, 0.3) is 0 Å². The zero-order chi connectivity index (χ0) is 16.4. The minimum absolute atomic E-state index is 0. The van der Waals surface area contributed by atoms with Crippen LogP contribution in [0.4, 0.5) is 0 Å². The molecule has 0 aromatic heterocycles. The van der Waals surface area contributed by atoms with Gasteiger partial charge in [0.15, 0.2) is 5.96 Å². The molecule has 0 amide bonds. The van der Waals surface area contributed by atoms with Crippen LogP contribution in [0.2, 0.25) is 0 Å². The number of nitrogens with one attached hydrogen (secondary N) is 2. The zero-order valence-corrected chi connectivity index (χ0v) is 17.8. The average Bonchev–Trinajstić information content (AvgIpc) is 3.30. The summed E-state index contributed by atoms with van der Waals surface area (Å²) >= 11 is 0.